The first-order valence-corrected chi connectivity index (χ1v) is 4.74. The standard InChI is InChI=1S/C11H10N2O3/c1-7-8(2)16-11(12-7)13-5-3-4-9(6-14)10(13)15/h3-6H,1-2H3. The zero-order valence-corrected chi connectivity index (χ0v) is 8.93. The fourth-order valence-corrected chi connectivity index (χ4v) is 1.31. The number of carbonyl (C=O) groups is 1. The Morgan fingerprint density at radius 1 is 1.44 bits per heavy atom. The van der Waals surface area contributed by atoms with Gasteiger partial charge in [-0.05, 0) is 26.0 Å². The monoisotopic (exact) mass is 218 g/mol. The van der Waals surface area contributed by atoms with Crippen LogP contribution in [0.4, 0.5) is 0 Å². The van der Waals surface area contributed by atoms with E-state index in [-0.39, 0.29) is 11.6 Å². The van der Waals surface area contributed by atoms with E-state index in [1.54, 1.807) is 19.9 Å². The molecule has 0 aromatic carbocycles. The van der Waals surface area contributed by atoms with Crippen molar-refractivity contribution in [1.29, 1.82) is 0 Å². The summed E-state index contributed by atoms with van der Waals surface area (Å²) in [6.07, 6.45) is 2.03. The van der Waals surface area contributed by atoms with Crippen molar-refractivity contribution in [3.63, 3.8) is 0 Å². The Morgan fingerprint density at radius 2 is 2.19 bits per heavy atom. The molecule has 0 unspecified atom stereocenters. The number of carbonyl (C=O) groups excluding carboxylic acids is 1. The molecule has 0 saturated carbocycles. The van der Waals surface area contributed by atoms with Crippen molar-refractivity contribution in [2.24, 2.45) is 0 Å². The molecular formula is C11H10N2O3. The maximum absolute atomic E-state index is 11.8. The molecule has 0 aliphatic heterocycles. The van der Waals surface area contributed by atoms with Crippen molar-refractivity contribution in [2.75, 3.05) is 0 Å². The summed E-state index contributed by atoms with van der Waals surface area (Å²) >= 11 is 0. The number of hydrogen-bond acceptors (Lipinski definition) is 4. The molecule has 0 N–H and O–H groups in total. The average Bonchev–Trinajstić information content (AvgIpc) is 2.59. The minimum atomic E-state index is -0.432. The molecule has 2 heterocycles. The van der Waals surface area contributed by atoms with E-state index in [1.807, 2.05) is 0 Å². The third-order valence-corrected chi connectivity index (χ3v) is 2.33. The van der Waals surface area contributed by atoms with Crippen LogP contribution in [0.1, 0.15) is 21.8 Å². The Labute approximate surface area is 91.3 Å². The molecule has 0 aliphatic rings. The lowest BCUT2D eigenvalue weighted by molar-refractivity contribution is 0.112. The smallest absolute Gasteiger partial charge is 0.309 e. The van der Waals surface area contributed by atoms with Gasteiger partial charge in [-0.2, -0.15) is 4.98 Å². The van der Waals surface area contributed by atoms with Gasteiger partial charge in [0.25, 0.3) is 5.56 Å². The fraction of sp³-hybridized carbons (Fsp3) is 0.182. The highest BCUT2D eigenvalue weighted by Gasteiger charge is 2.10. The molecule has 0 saturated heterocycles. The molecule has 82 valence electrons. The van der Waals surface area contributed by atoms with E-state index in [9.17, 15) is 9.59 Å². The molecule has 5 heteroatoms. The van der Waals surface area contributed by atoms with Crippen molar-refractivity contribution in [2.45, 2.75) is 13.8 Å². The van der Waals surface area contributed by atoms with Gasteiger partial charge in [-0.1, -0.05) is 0 Å². The van der Waals surface area contributed by atoms with Gasteiger partial charge in [-0.25, -0.2) is 4.57 Å². The summed E-state index contributed by atoms with van der Waals surface area (Å²) in [5.74, 6) is 0.651. The molecule has 0 amide bonds. The first-order chi connectivity index (χ1) is 7.63. The highest BCUT2D eigenvalue weighted by Crippen LogP contribution is 2.10. The maximum Gasteiger partial charge on any atom is 0.309 e. The first kappa shape index (κ1) is 10.4. The highest BCUT2D eigenvalue weighted by atomic mass is 16.4. The van der Waals surface area contributed by atoms with Crippen LogP contribution < -0.4 is 5.56 Å². The topological polar surface area (TPSA) is 65.1 Å². The third kappa shape index (κ3) is 1.56. The number of aldehydes is 1. The summed E-state index contributed by atoms with van der Waals surface area (Å²) in [7, 11) is 0. The van der Waals surface area contributed by atoms with Gasteiger partial charge < -0.3 is 4.42 Å². The normalized spacial score (nSPS) is 10.4. The molecule has 5 nitrogen and oxygen atoms in total. The Morgan fingerprint density at radius 3 is 2.75 bits per heavy atom. The van der Waals surface area contributed by atoms with Crippen molar-refractivity contribution in [3.05, 3.63) is 45.7 Å². The second-order valence-corrected chi connectivity index (χ2v) is 3.39. The zero-order chi connectivity index (χ0) is 11.7. The number of hydrogen-bond donors (Lipinski definition) is 0. The third-order valence-electron chi connectivity index (χ3n) is 2.33. The predicted molar refractivity (Wildman–Crippen MR) is 57.0 cm³/mol. The number of rotatable bonds is 2. The number of oxazole rings is 1. The summed E-state index contributed by atoms with van der Waals surface area (Å²) < 4.78 is 6.53. The van der Waals surface area contributed by atoms with E-state index in [0.717, 1.165) is 5.69 Å². The van der Waals surface area contributed by atoms with E-state index in [0.29, 0.717) is 12.0 Å². The van der Waals surface area contributed by atoms with Crippen molar-refractivity contribution in [1.82, 2.24) is 9.55 Å². The van der Waals surface area contributed by atoms with Crippen LogP contribution in [-0.4, -0.2) is 15.8 Å². The minimum Gasteiger partial charge on any atom is -0.428 e. The molecule has 2 aromatic rings. The Balaban J connectivity index is 2.65. The SMILES string of the molecule is Cc1nc(-n2cccc(C=O)c2=O)oc1C. The van der Waals surface area contributed by atoms with Crippen molar-refractivity contribution < 1.29 is 9.21 Å². The van der Waals surface area contributed by atoms with Gasteiger partial charge in [0.05, 0.1) is 11.3 Å². The molecule has 0 aliphatic carbocycles. The maximum atomic E-state index is 11.8. The number of aromatic nitrogens is 2. The number of nitrogens with zero attached hydrogens (tertiary/aromatic N) is 2. The van der Waals surface area contributed by atoms with Crippen molar-refractivity contribution in [3.8, 4) is 6.01 Å². The van der Waals surface area contributed by atoms with Crippen LogP contribution in [0.25, 0.3) is 6.01 Å². The van der Waals surface area contributed by atoms with Gasteiger partial charge in [0.1, 0.15) is 5.76 Å². The molecule has 0 radical (unpaired) electrons. The largest absolute Gasteiger partial charge is 0.428 e. The predicted octanol–water partition coefficient (Wildman–Crippen LogP) is 1.25. The number of pyridine rings is 1. The van der Waals surface area contributed by atoms with Crippen LogP contribution in [0.3, 0.4) is 0 Å². The average molecular weight is 218 g/mol. The van der Waals surface area contributed by atoms with E-state index >= 15 is 0 Å². The van der Waals surface area contributed by atoms with Crippen LogP contribution >= 0.6 is 0 Å². The molecular weight excluding hydrogens is 208 g/mol. The van der Waals surface area contributed by atoms with Gasteiger partial charge in [0, 0.05) is 6.20 Å². The Bertz CT molecular complexity index is 576. The zero-order valence-electron chi connectivity index (χ0n) is 8.93. The summed E-state index contributed by atoms with van der Waals surface area (Å²) in [4.78, 5) is 26.5. The van der Waals surface area contributed by atoms with Crippen LogP contribution in [-0.2, 0) is 0 Å². The molecule has 16 heavy (non-hydrogen) atoms. The van der Waals surface area contributed by atoms with Crippen LogP contribution in [0.5, 0.6) is 0 Å². The van der Waals surface area contributed by atoms with Gasteiger partial charge in [0.2, 0.25) is 0 Å². The van der Waals surface area contributed by atoms with Crippen molar-refractivity contribution >= 4 is 6.29 Å². The van der Waals surface area contributed by atoms with Gasteiger partial charge in [-0.3, -0.25) is 9.59 Å². The Kier molecular flexibility index (Phi) is 2.44. The van der Waals surface area contributed by atoms with Gasteiger partial charge >= 0.3 is 6.01 Å². The molecule has 2 rings (SSSR count). The second kappa shape index (κ2) is 3.77. The van der Waals surface area contributed by atoms with Gasteiger partial charge in [-0.15, -0.1) is 0 Å². The van der Waals surface area contributed by atoms with E-state index < -0.39 is 5.56 Å². The lowest BCUT2D eigenvalue weighted by atomic mass is 10.3. The fourth-order valence-electron chi connectivity index (χ4n) is 1.31. The first-order valence-electron chi connectivity index (χ1n) is 4.74. The summed E-state index contributed by atoms with van der Waals surface area (Å²) in [6.45, 7) is 3.55. The molecule has 2 aromatic heterocycles. The molecule has 0 spiro atoms. The molecule has 0 fully saturated rings. The van der Waals surface area contributed by atoms with Crippen LogP contribution in [0, 0.1) is 13.8 Å². The van der Waals surface area contributed by atoms with Gasteiger partial charge in [0.15, 0.2) is 6.29 Å². The Hall–Kier alpha value is -2.17. The summed E-state index contributed by atoms with van der Waals surface area (Å²) in [6, 6.07) is 3.23. The highest BCUT2D eigenvalue weighted by molar-refractivity contribution is 5.73. The van der Waals surface area contributed by atoms with Crippen LogP contribution in [0.15, 0.2) is 27.5 Å². The molecule has 0 bridgehead atoms. The number of aryl methyl sites for hydroxylation is 2. The van der Waals surface area contributed by atoms with Crippen LogP contribution in [0.2, 0.25) is 0 Å². The molecule has 0 atom stereocenters. The van der Waals surface area contributed by atoms with E-state index in [2.05, 4.69) is 4.98 Å². The quantitative estimate of drug-likeness (QED) is 0.711. The lowest BCUT2D eigenvalue weighted by Gasteiger charge is -1.99. The second-order valence-electron chi connectivity index (χ2n) is 3.39. The van der Waals surface area contributed by atoms with E-state index in [1.165, 1.54) is 16.8 Å². The van der Waals surface area contributed by atoms with E-state index in [4.69, 9.17) is 4.42 Å². The lowest BCUT2D eigenvalue weighted by Crippen LogP contribution is -2.21. The summed E-state index contributed by atoms with van der Waals surface area (Å²) in [5, 5.41) is 0. The minimum absolute atomic E-state index is 0.0796. The summed E-state index contributed by atoms with van der Waals surface area (Å²) in [5.41, 5.74) is 0.369.